The van der Waals surface area contributed by atoms with Crippen LogP contribution in [-0.2, 0) is 14.4 Å². The maximum Gasteiger partial charge on any atom is 0.343 e. The Morgan fingerprint density at radius 1 is 1.31 bits per heavy atom. The van der Waals surface area contributed by atoms with Gasteiger partial charge in [-0.1, -0.05) is 38.6 Å². The van der Waals surface area contributed by atoms with Crippen molar-refractivity contribution in [1.82, 2.24) is 0 Å². The molecule has 0 N–H and O–H groups in total. The van der Waals surface area contributed by atoms with Gasteiger partial charge in [0.15, 0.2) is 5.78 Å². The number of non-ortho nitro benzene ring substituents is 1. The number of nitrogens with zero attached hydrogens (tertiary/aromatic N) is 2. The highest BCUT2D eigenvalue weighted by molar-refractivity contribution is 6.23. The van der Waals surface area contributed by atoms with E-state index in [9.17, 15) is 19.7 Å². The summed E-state index contributed by atoms with van der Waals surface area (Å²) in [6.07, 6.45) is 2.61. The summed E-state index contributed by atoms with van der Waals surface area (Å²) in [6.45, 7) is 9.39. The lowest BCUT2D eigenvalue weighted by Crippen LogP contribution is -2.31. The third-order valence-corrected chi connectivity index (χ3v) is 4.36. The summed E-state index contributed by atoms with van der Waals surface area (Å²) in [5.41, 5.74) is 0.295. The SMILES string of the molecule is C=CCON=C(CC)C1=C(OC(=O)c2ccc([N+](=O)[O-])cc2)CC(C)(C)CC1=O. The van der Waals surface area contributed by atoms with Crippen molar-refractivity contribution in [3.8, 4) is 0 Å². The van der Waals surface area contributed by atoms with Crippen molar-refractivity contribution in [1.29, 1.82) is 0 Å². The van der Waals surface area contributed by atoms with Crippen molar-refractivity contribution in [2.45, 2.75) is 40.0 Å². The van der Waals surface area contributed by atoms with Gasteiger partial charge in [-0.15, -0.1) is 0 Å². The van der Waals surface area contributed by atoms with Gasteiger partial charge in [0.05, 0.1) is 21.8 Å². The molecule has 0 heterocycles. The first-order valence-corrected chi connectivity index (χ1v) is 9.21. The normalized spacial score (nSPS) is 16.4. The first kappa shape index (κ1) is 22.0. The second kappa shape index (κ2) is 9.27. The molecule has 0 radical (unpaired) electrons. The number of nitro groups is 1. The van der Waals surface area contributed by atoms with E-state index in [1.165, 1.54) is 30.3 Å². The van der Waals surface area contributed by atoms with E-state index in [1.807, 2.05) is 20.8 Å². The second-order valence-electron chi connectivity index (χ2n) is 7.41. The number of nitro benzene ring substituents is 1. The first-order chi connectivity index (χ1) is 13.7. The lowest BCUT2D eigenvalue weighted by Gasteiger charge is -2.31. The summed E-state index contributed by atoms with van der Waals surface area (Å²) in [6, 6.07) is 5.09. The van der Waals surface area contributed by atoms with E-state index in [0.29, 0.717) is 25.0 Å². The van der Waals surface area contributed by atoms with Crippen LogP contribution in [0.15, 0.2) is 53.4 Å². The van der Waals surface area contributed by atoms with Crippen molar-refractivity contribution in [2.24, 2.45) is 10.6 Å². The minimum absolute atomic E-state index is 0.129. The molecule has 0 spiro atoms. The van der Waals surface area contributed by atoms with Gasteiger partial charge in [-0.2, -0.15) is 0 Å². The molecule has 8 heteroatoms. The van der Waals surface area contributed by atoms with E-state index in [-0.39, 0.29) is 40.4 Å². The van der Waals surface area contributed by atoms with Crippen LogP contribution in [0, 0.1) is 15.5 Å². The fourth-order valence-electron chi connectivity index (χ4n) is 3.02. The number of ether oxygens (including phenoxy) is 1. The molecule has 0 amide bonds. The predicted molar refractivity (Wildman–Crippen MR) is 107 cm³/mol. The topological polar surface area (TPSA) is 108 Å². The molecule has 2 rings (SSSR count). The Bertz CT molecular complexity index is 881. The van der Waals surface area contributed by atoms with E-state index in [0.717, 1.165) is 0 Å². The number of carbonyl (C=O) groups excluding carboxylic acids is 2. The molecule has 0 fully saturated rings. The second-order valence-corrected chi connectivity index (χ2v) is 7.41. The highest BCUT2D eigenvalue weighted by Gasteiger charge is 2.37. The zero-order chi connectivity index (χ0) is 21.6. The molecular weight excluding hydrogens is 376 g/mol. The van der Waals surface area contributed by atoms with Crippen LogP contribution in [0.5, 0.6) is 0 Å². The predicted octanol–water partition coefficient (Wildman–Crippen LogP) is 4.36. The number of benzene rings is 1. The molecule has 1 aromatic carbocycles. The molecule has 29 heavy (non-hydrogen) atoms. The molecule has 0 aliphatic heterocycles. The van der Waals surface area contributed by atoms with Gasteiger partial charge in [0.25, 0.3) is 5.69 Å². The summed E-state index contributed by atoms with van der Waals surface area (Å²) in [4.78, 5) is 40.8. The summed E-state index contributed by atoms with van der Waals surface area (Å²) in [5, 5.41) is 14.8. The zero-order valence-corrected chi connectivity index (χ0v) is 16.8. The van der Waals surface area contributed by atoms with Crippen LogP contribution in [0.1, 0.15) is 50.4 Å². The lowest BCUT2D eigenvalue weighted by molar-refractivity contribution is -0.384. The van der Waals surface area contributed by atoms with Gasteiger partial charge in [-0.25, -0.2) is 4.79 Å². The monoisotopic (exact) mass is 400 g/mol. The Morgan fingerprint density at radius 3 is 2.52 bits per heavy atom. The largest absolute Gasteiger partial charge is 0.427 e. The molecule has 0 saturated heterocycles. The zero-order valence-electron chi connectivity index (χ0n) is 16.8. The minimum Gasteiger partial charge on any atom is -0.427 e. The lowest BCUT2D eigenvalue weighted by atomic mass is 9.75. The summed E-state index contributed by atoms with van der Waals surface area (Å²) >= 11 is 0. The summed E-state index contributed by atoms with van der Waals surface area (Å²) in [7, 11) is 0. The maximum atomic E-state index is 12.8. The summed E-state index contributed by atoms with van der Waals surface area (Å²) < 4.78 is 5.58. The number of allylic oxidation sites excluding steroid dienone is 2. The van der Waals surface area contributed by atoms with Crippen LogP contribution in [0.4, 0.5) is 5.69 Å². The molecule has 1 aromatic rings. The van der Waals surface area contributed by atoms with Gasteiger partial charge < -0.3 is 9.57 Å². The highest BCUT2D eigenvalue weighted by atomic mass is 16.6. The quantitative estimate of drug-likeness (QED) is 0.160. The summed E-state index contributed by atoms with van der Waals surface area (Å²) in [5.74, 6) is -0.631. The molecule has 154 valence electrons. The molecule has 0 bridgehead atoms. The van der Waals surface area contributed by atoms with E-state index in [2.05, 4.69) is 11.7 Å². The standard InChI is InChI=1S/C21H24N2O6/c1-5-11-28-22-16(6-2)19-17(24)12-21(3,4)13-18(19)29-20(25)14-7-9-15(10-8-14)23(26)27/h5,7-10H,1,6,11-13H2,2-4H3. The van der Waals surface area contributed by atoms with Gasteiger partial charge in [0.2, 0.25) is 0 Å². The van der Waals surface area contributed by atoms with Crippen LogP contribution >= 0.6 is 0 Å². The van der Waals surface area contributed by atoms with E-state index in [4.69, 9.17) is 9.57 Å². The Morgan fingerprint density at radius 2 is 1.97 bits per heavy atom. The van der Waals surface area contributed by atoms with Gasteiger partial charge >= 0.3 is 5.97 Å². The molecule has 0 aromatic heterocycles. The first-order valence-electron chi connectivity index (χ1n) is 9.21. The Labute approximate surface area is 169 Å². The fourth-order valence-corrected chi connectivity index (χ4v) is 3.02. The van der Waals surface area contributed by atoms with Crippen molar-refractivity contribution in [3.63, 3.8) is 0 Å². The smallest absolute Gasteiger partial charge is 0.343 e. The van der Waals surface area contributed by atoms with E-state index in [1.54, 1.807) is 0 Å². The number of rotatable bonds is 8. The van der Waals surface area contributed by atoms with Crippen molar-refractivity contribution < 1.29 is 24.1 Å². The highest BCUT2D eigenvalue weighted by Crippen LogP contribution is 2.38. The number of esters is 1. The minimum atomic E-state index is -0.694. The maximum absolute atomic E-state index is 12.8. The van der Waals surface area contributed by atoms with Crippen molar-refractivity contribution in [2.75, 3.05) is 6.61 Å². The van der Waals surface area contributed by atoms with Crippen LogP contribution in [-0.4, -0.2) is 29.0 Å². The third-order valence-electron chi connectivity index (χ3n) is 4.36. The molecule has 0 saturated carbocycles. The van der Waals surface area contributed by atoms with Crippen molar-refractivity contribution >= 4 is 23.2 Å². The number of hydrogen-bond acceptors (Lipinski definition) is 7. The fraction of sp³-hybridized carbons (Fsp3) is 0.381. The number of carbonyl (C=O) groups is 2. The number of oxime groups is 1. The van der Waals surface area contributed by atoms with Gasteiger partial charge in [-0.3, -0.25) is 14.9 Å². The molecule has 8 nitrogen and oxygen atoms in total. The van der Waals surface area contributed by atoms with Crippen molar-refractivity contribution in [3.05, 3.63) is 63.9 Å². The average molecular weight is 400 g/mol. The molecule has 1 aliphatic rings. The van der Waals surface area contributed by atoms with Crippen LogP contribution in [0.3, 0.4) is 0 Å². The number of ketones is 1. The molecule has 1 aliphatic carbocycles. The molecule has 0 unspecified atom stereocenters. The Hall–Kier alpha value is -3.29. The van der Waals surface area contributed by atoms with Crippen LogP contribution in [0.25, 0.3) is 0 Å². The van der Waals surface area contributed by atoms with Crippen LogP contribution < -0.4 is 0 Å². The third kappa shape index (κ3) is 5.60. The Kier molecular flexibility index (Phi) is 7.03. The van der Waals surface area contributed by atoms with E-state index >= 15 is 0 Å². The average Bonchev–Trinajstić information content (AvgIpc) is 2.65. The van der Waals surface area contributed by atoms with E-state index < -0.39 is 10.9 Å². The van der Waals surface area contributed by atoms with Gasteiger partial charge in [0.1, 0.15) is 12.4 Å². The Balaban J connectivity index is 2.39. The number of hydrogen-bond donors (Lipinski definition) is 0. The van der Waals surface area contributed by atoms with Gasteiger partial charge in [0, 0.05) is 25.0 Å². The number of Topliss-reactive ketones (excluding diaryl/α,β-unsaturated/α-hetero) is 1. The van der Waals surface area contributed by atoms with Gasteiger partial charge in [-0.05, 0) is 24.0 Å². The molecule has 0 atom stereocenters. The molecular formula is C21H24N2O6. The van der Waals surface area contributed by atoms with Crippen LogP contribution in [0.2, 0.25) is 0 Å².